The average molecular weight is 447 g/mol. The minimum absolute atomic E-state index is 0.0194. The minimum Gasteiger partial charge on any atom is -0.463 e. The number of aryl methyl sites for hydroxylation is 1. The molecule has 0 N–H and O–H groups in total. The van der Waals surface area contributed by atoms with Gasteiger partial charge in [-0.2, -0.15) is 0 Å². The smallest absolute Gasteiger partial charge is 0.230 e. The van der Waals surface area contributed by atoms with Gasteiger partial charge in [-0.1, -0.05) is 75.8 Å². The Hall–Kier alpha value is -2.61. The molecule has 0 fully saturated rings. The van der Waals surface area contributed by atoms with Crippen molar-refractivity contribution < 1.29 is 19.0 Å². The summed E-state index contributed by atoms with van der Waals surface area (Å²) in [6.45, 7) is 4.39. The van der Waals surface area contributed by atoms with Gasteiger partial charge in [0.15, 0.2) is 5.78 Å². The SMILES string of the molecule is CCCCCCC#CCC1Oc2c(CCCC)ccc3c2C(OC)(O1)c1ccccc1C3=O. The number of benzene rings is 2. The number of methoxy groups -OCH3 is 1. The first-order chi connectivity index (χ1) is 16.2. The normalized spacial score (nSPS) is 20.3. The van der Waals surface area contributed by atoms with Gasteiger partial charge in [0.05, 0.1) is 12.0 Å². The summed E-state index contributed by atoms with van der Waals surface area (Å²) in [6, 6.07) is 11.5. The van der Waals surface area contributed by atoms with E-state index in [0.717, 1.165) is 49.0 Å². The van der Waals surface area contributed by atoms with Gasteiger partial charge in [-0.15, -0.1) is 5.92 Å². The molecule has 1 heterocycles. The molecule has 174 valence electrons. The minimum atomic E-state index is -1.18. The third kappa shape index (κ3) is 4.45. The van der Waals surface area contributed by atoms with Gasteiger partial charge in [-0.05, 0) is 30.9 Å². The van der Waals surface area contributed by atoms with Crippen LogP contribution in [0.1, 0.15) is 97.8 Å². The molecule has 2 aromatic rings. The maximum atomic E-state index is 13.3. The maximum absolute atomic E-state index is 13.3. The average Bonchev–Trinajstić information content (AvgIpc) is 2.85. The van der Waals surface area contributed by atoms with E-state index in [4.69, 9.17) is 14.2 Å². The summed E-state index contributed by atoms with van der Waals surface area (Å²) in [6.07, 6.45) is 8.59. The molecular formula is C29H34O4. The van der Waals surface area contributed by atoms with Crippen LogP contribution in [0.2, 0.25) is 0 Å². The molecule has 0 bridgehead atoms. The Labute approximate surface area is 197 Å². The molecule has 4 rings (SSSR count). The van der Waals surface area contributed by atoms with Crippen LogP contribution < -0.4 is 4.74 Å². The van der Waals surface area contributed by atoms with Crippen LogP contribution in [-0.4, -0.2) is 19.2 Å². The third-order valence-corrected chi connectivity index (χ3v) is 6.52. The highest BCUT2D eigenvalue weighted by Crippen LogP contribution is 2.52. The number of carbonyl (C=O) groups excluding carboxylic acids is 1. The number of unbranched alkanes of at least 4 members (excludes halogenated alkanes) is 5. The second-order valence-electron chi connectivity index (χ2n) is 8.81. The zero-order valence-electron chi connectivity index (χ0n) is 20.0. The Morgan fingerprint density at radius 1 is 0.970 bits per heavy atom. The van der Waals surface area contributed by atoms with Gasteiger partial charge in [0, 0.05) is 30.2 Å². The Bertz CT molecular complexity index is 1060. The highest BCUT2D eigenvalue weighted by Gasteiger charge is 2.52. The number of carbonyl (C=O) groups is 1. The van der Waals surface area contributed by atoms with Crippen LogP contribution in [0.15, 0.2) is 36.4 Å². The molecule has 2 atom stereocenters. The lowest BCUT2D eigenvalue weighted by Crippen LogP contribution is -2.47. The second kappa shape index (κ2) is 10.5. The zero-order chi connectivity index (χ0) is 23.3. The van der Waals surface area contributed by atoms with Crippen molar-refractivity contribution in [1.82, 2.24) is 0 Å². The van der Waals surface area contributed by atoms with Crippen molar-refractivity contribution in [1.29, 1.82) is 0 Å². The molecule has 2 aromatic carbocycles. The Balaban J connectivity index is 1.71. The molecular weight excluding hydrogens is 412 g/mol. The summed E-state index contributed by atoms with van der Waals surface area (Å²) in [5, 5.41) is 0. The fourth-order valence-electron chi connectivity index (χ4n) is 4.78. The van der Waals surface area contributed by atoms with E-state index in [9.17, 15) is 4.79 Å². The maximum Gasteiger partial charge on any atom is 0.230 e. The first-order valence-corrected chi connectivity index (χ1v) is 12.3. The van der Waals surface area contributed by atoms with Gasteiger partial charge < -0.3 is 14.2 Å². The lowest BCUT2D eigenvalue weighted by atomic mass is 9.78. The number of ketones is 1. The van der Waals surface area contributed by atoms with Crippen molar-refractivity contribution in [3.63, 3.8) is 0 Å². The van der Waals surface area contributed by atoms with Crippen molar-refractivity contribution in [2.45, 2.75) is 83.7 Å². The Morgan fingerprint density at radius 3 is 2.58 bits per heavy atom. The molecule has 1 aliphatic carbocycles. The van der Waals surface area contributed by atoms with Crippen LogP contribution in [0.3, 0.4) is 0 Å². The molecule has 4 nitrogen and oxygen atoms in total. The molecule has 2 unspecified atom stereocenters. The molecule has 0 radical (unpaired) electrons. The Kier molecular flexibility index (Phi) is 7.53. The van der Waals surface area contributed by atoms with Gasteiger partial charge in [0.2, 0.25) is 12.1 Å². The highest BCUT2D eigenvalue weighted by molar-refractivity contribution is 6.13. The van der Waals surface area contributed by atoms with Crippen molar-refractivity contribution in [2.24, 2.45) is 0 Å². The summed E-state index contributed by atoms with van der Waals surface area (Å²) in [4.78, 5) is 13.3. The molecule has 2 aliphatic rings. The van der Waals surface area contributed by atoms with Gasteiger partial charge in [0.25, 0.3) is 0 Å². The molecule has 0 spiro atoms. The third-order valence-electron chi connectivity index (χ3n) is 6.52. The topological polar surface area (TPSA) is 44.8 Å². The molecule has 1 aliphatic heterocycles. The van der Waals surface area contributed by atoms with Crippen LogP contribution in [0.4, 0.5) is 0 Å². The van der Waals surface area contributed by atoms with Crippen molar-refractivity contribution in [2.75, 3.05) is 7.11 Å². The van der Waals surface area contributed by atoms with E-state index < -0.39 is 12.1 Å². The van der Waals surface area contributed by atoms with E-state index in [1.807, 2.05) is 36.4 Å². The quantitative estimate of drug-likeness (QED) is 0.325. The van der Waals surface area contributed by atoms with Gasteiger partial charge in [-0.25, -0.2) is 0 Å². The summed E-state index contributed by atoms with van der Waals surface area (Å²) >= 11 is 0. The molecule has 0 saturated heterocycles. The largest absolute Gasteiger partial charge is 0.463 e. The number of fused-ring (bicyclic) bond motifs is 2. The van der Waals surface area contributed by atoms with E-state index in [0.29, 0.717) is 23.1 Å². The van der Waals surface area contributed by atoms with Crippen LogP contribution in [-0.2, 0) is 21.7 Å². The van der Waals surface area contributed by atoms with E-state index in [1.165, 1.54) is 19.3 Å². The summed E-state index contributed by atoms with van der Waals surface area (Å²) in [7, 11) is 1.64. The molecule has 0 amide bonds. The van der Waals surface area contributed by atoms with Crippen molar-refractivity contribution >= 4 is 5.78 Å². The number of ether oxygens (including phenoxy) is 3. The van der Waals surface area contributed by atoms with E-state index in [-0.39, 0.29) is 5.78 Å². The molecule has 0 saturated carbocycles. The van der Waals surface area contributed by atoms with E-state index in [1.54, 1.807) is 7.11 Å². The molecule has 4 heteroatoms. The molecule has 0 aromatic heterocycles. The van der Waals surface area contributed by atoms with Gasteiger partial charge >= 0.3 is 0 Å². The zero-order valence-corrected chi connectivity index (χ0v) is 20.0. The first-order valence-electron chi connectivity index (χ1n) is 12.3. The fraction of sp³-hybridized carbons (Fsp3) is 0.483. The molecule has 33 heavy (non-hydrogen) atoms. The van der Waals surface area contributed by atoms with Crippen LogP contribution in [0.25, 0.3) is 0 Å². The number of hydrogen-bond acceptors (Lipinski definition) is 4. The Morgan fingerprint density at radius 2 is 1.79 bits per heavy atom. The van der Waals surface area contributed by atoms with Gasteiger partial charge in [0.1, 0.15) is 5.75 Å². The lowest BCUT2D eigenvalue weighted by Gasteiger charge is -2.45. The number of hydrogen-bond donors (Lipinski definition) is 0. The fourth-order valence-corrected chi connectivity index (χ4v) is 4.78. The summed E-state index contributed by atoms with van der Waals surface area (Å²) in [5.41, 5.74) is 3.73. The van der Waals surface area contributed by atoms with E-state index >= 15 is 0 Å². The van der Waals surface area contributed by atoms with Crippen molar-refractivity contribution in [3.05, 3.63) is 64.2 Å². The lowest BCUT2D eigenvalue weighted by molar-refractivity contribution is -0.283. The number of rotatable bonds is 9. The summed E-state index contributed by atoms with van der Waals surface area (Å²) in [5.74, 6) is 6.06. The van der Waals surface area contributed by atoms with Gasteiger partial charge in [-0.3, -0.25) is 4.79 Å². The monoisotopic (exact) mass is 446 g/mol. The predicted molar refractivity (Wildman–Crippen MR) is 129 cm³/mol. The van der Waals surface area contributed by atoms with Crippen molar-refractivity contribution in [3.8, 4) is 17.6 Å². The first kappa shape index (κ1) is 23.5. The van der Waals surface area contributed by atoms with Crippen LogP contribution in [0, 0.1) is 11.8 Å². The summed E-state index contributed by atoms with van der Waals surface area (Å²) < 4.78 is 19.0. The predicted octanol–water partition coefficient (Wildman–Crippen LogP) is 6.52. The van der Waals surface area contributed by atoms with Crippen LogP contribution >= 0.6 is 0 Å². The van der Waals surface area contributed by atoms with E-state index in [2.05, 4.69) is 25.7 Å². The highest BCUT2D eigenvalue weighted by atomic mass is 16.8. The van der Waals surface area contributed by atoms with Crippen LogP contribution in [0.5, 0.6) is 5.75 Å². The second-order valence-corrected chi connectivity index (χ2v) is 8.81. The standard InChI is InChI=1S/C29H34O4/c1-4-6-8-9-10-11-12-18-25-32-28-21(15-7-5-2)19-20-23-26(28)29(31-3,33-25)24-17-14-13-16-22(24)27(23)30/h13-14,16-17,19-20,25H,4-10,15,18H2,1-3H3.